The summed E-state index contributed by atoms with van der Waals surface area (Å²) in [6.07, 6.45) is 5.10. The Labute approximate surface area is 244 Å². The molecule has 3 heterocycles. The Morgan fingerprint density at radius 2 is 1.76 bits per heavy atom. The van der Waals surface area contributed by atoms with E-state index in [1.165, 1.54) is 0 Å². The van der Waals surface area contributed by atoms with Gasteiger partial charge >= 0.3 is 6.09 Å². The smallest absolute Gasteiger partial charge is 0.407 e. The normalized spacial score (nSPS) is 12.9. The van der Waals surface area contributed by atoms with Crippen LogP contribution in [-0.4, -0.2) is 59.8 Å². The molecular weight excluding hydrogens is 534 g/mol. The quantitative estimate of drug-likeness (QED) is 0.273. The fourth-order valence-corrected chi connectivity index (χ4v) is 4.67. The van der Waals surface area contributed by atoms with E-state index in [0.29, 0.717) is 37.6 Å². The zero-order valence-electron chi connectivity index (χ0n) is 23.4. The van der Waals surface area contributed by atoms with Crippen LogP contribution in [0.5, 0.6) is 0 Å². The summed E-state index contributed by atoms with van der Waals surface area (Å²) < 4.78 is 10.7. The summed E-state index contributed by atoms with van der Waals surface area (Å²) in [5.74, 6) is -0.433. The minimum atomic E-state index is -0.467. The number of carbonyl (C=O) groups excluding carboxylic acids is 2. The highest BCUT2D eigenvalue weighted by molar-refractivity contribution is 6.07. The minimum Gasteiger partial charge on any atom is -0.445 e. The number of rotatable bonds is 9. The van der Waals surface area contributed by atoms with Crippen LogP contribution in [0.2, 0.25) is 0 Å². The van der Waals surface area contributed by atoms with Crippen molar-refractivity contribution in [3.8, 4) is 11.3 Å². The molecule has 216 valence electrons. The number of ether oxygens (including phenoxy) is 2. The molecule has 1 saturated heterocycles. The average molecular weight is 568 g/mol. The topological polar surface area (TPSA) is 145 Å². The van der Waals surface area contributed by atoms with Gasteiger partial charge in [-0.1, -0.05) is 54.6 Å². The molecule has 1 aliphatic heterocycles. The summed E-state index contributed by atoms with van der Waals surface area (Å²) in [5.41, 5.74) is 11.8. The van der Waals surface area contributed by atoms with Gasteiger partial charge in [-0.25, -0.2) is 14.8 Å². The number of morpholine rings is 1. The van der Waals surface area contributed by atoms with E-state index in [1.807, 2.05) is 61.5 Å². The Kier molecular flexibility index (Phi) is 9.20. The highest BCUT2D eigenvalue weighted by atomic mass is 16.5. The molecule has 2 amide bonds. The van der Waals surface area contributed by atoms with Crippen molar-refractivity contribution in [3.05, 3.63) is 95.6 Å². The second-order valence-electron chi connectivity index (χ2n) is 9.83. The monoisotopic (exact) mass is 567 g/mol. The minimum absolute atomic E-state index is 0.0317. The molecule has 0 saturated carbocycles. The SMILES string of the molecule is Cc1cncc(NC(=O)c2nc(-c3ccc(CCNC(=O)OCc4ccccc4)cc3)cnc2N)c1N1CCOCC1. The molecule has 5 rings (SSSR count). The number of hydrogen-bond acceptors (Lipinski definition) is 9. The maximum atomic E-state index is 13.3. The Morgan fingerprint density at radius 1 is 1.00 bits per heavy atom. The van der Waals surface area contributed by atoms with E-state index in [2.05, 4.69) is 30.5 Å². The number of aromatic nitrogens is 3. The third kappa shape index (κ3) is 7.18. The van der Waals surface area contributed by atoms with Crippen LogP contribution in [0.4, 0.5) is 22.0 Å². The van der Waals surface area contributed by atoms with Gasteiger partial charge in [-0.15, -0.1) is 0 Å². The maximum absolute atomic E-state index is 13.3. The molecule has 11 heteroatoms. The summed E-state index contributed by atoms with van der Waals surface area (Å²) in [6.45, 7) is 5.28. The summed E-state index contributed by atoms with van der Waals surface area (Å²) >= 11 is 0. The highest BCUT2D eigenvalue weighted by Gasteiger charge is 2.21. The molecule has 0 atom stereocenters. The molecule has 4 aromatic rings. The summed E-state index contributed by atoms with van der Waals surface area (Å²) in [6, 6.07) is 17.2. The van der Waals surface area contributed by atoms with Gasteiger partial charge in [-0.2, -0.15) is 0 Å². The highest BCUT2D eigenvalue weighted by Crippen LogP contribution is 2.30. The number of nitrogens with two attached hydrogens (primary N) is 1. The van der Waals surface area contributed by atoms with Crippen LogP contribution in [0.15, 0.2) is 73.2 Å². The Bertz CT molecular complexity index is 1520. The molecule has 4 N–H and O–H groups in total. The van der Waals surface area contributed by atoms with E-state index in [1.54, 1.807) is 18.6 Å². The first-order chi connectivity index (χ1) is 20.5. The molecule has 1 aliphatic rings. The zero-order chi connectivity index (χ0) is 29.3. The second-order valence-corrected chi connectivity index (χ2v) is 9.83. The number of nitrogen functional groups attached to an aromatic ring is 1. The third-order valence-corrected chi connectivity index (χ3v) is 6.84. The molecule has 0 aliphatic carbocycles. The molecule has 2 aromatic heterocycles. The van der Waals surface area contributed by atoms with Gasteiger partial charge < -0.3 is 30.7 Å². The van der Waals surface area contributed by atoms with Crippen LogP contribution in [0.3, 0.4) is 0 Å². The van der Waals surface area contributed by atoms with Crippen LogP contribution in [-0.2, 0) is 22.5 Å². The number of carbonyl (C=O) groups is 2. The van der Waals surface area contributed by atoms with E-state index < -0.39 is 12.0 Å². The standard InChI is InChI=1S/C31H33N7O4/c1-21-17-33-18-26(28(21)38-13-15-41-16-14-38)37-30(39)27-29(32)35-19-25(36-27)24-9-7-22(8-10-24)11-12-34-31(40)42-20-23-5-3-2-4-6-23/h2-10,17-19H,11-16,20H2,1H3,(H2,32,35)(H,34,40)(H,37,39). The van der Waals surface area contributed by atoms with E-state index in [9.17, 15) is 9.59 Å². The largest absolute Gasteiger partial charge is 0.445 e. The Hall–Kier alpha value is -5.03. The van der Waals surface area contributed by atoms with Crippen molar-refractivity contribution in [1.82, 2.24) is 20.3 Å². The first-order valence-electron chi connectivity index (χ1n) is 13.7. The molecule has 2 aromatic carbocycles. The number of hydrogen-bond donors (Lipinski definition) is 3. The van der Waals surface area contributed by atoms with Crippen molar-refractivity contribution < 1.29 is 19.1 Å². The molecule has 0 radical (unpaired) electrons. The van der Waals surface area contributed by atoms with Gasteiger partial charge in [0.2, 0.25) is 0 Å². The van der Waals surface area contributed by atoms with E-state index >= 15 is 0 Å². The average Bonchev–Trinajstić information content (AvgIpc) is 3.02. The van der Waals surface area contributed by atoms with Crippen molar-refractivity contribution >= 4 is 29.2 Å². The molecular formula is C31H33N7O4. The Morgan fingerprint density at radius 3 is 2.52 bits per heavy atom. The van der Waals surface area contributed by atoms with Gasteiger partial charge in [0.25, 0.3) is 5.91 Å². The van der Waals surface area contributed by atoms with E-state index in [4.69, 9.17) is 15.2 Å². The lowest BCUT2D eigenvalue weighted by Crippen LogP contribution is -2.37. The van der Waals surface area contributed by atoms with Crippen molar-refractivity contribution in [2.24, 2.45) is 0 Å². The fourth-order valence-electron chi connectivity index (χ4n) is 4.67. The van der Waals surface area contributed by atoms with Crippen molar-refractivity contribution in [1.29, 1.82) is 0 Å². The van der Waals surface area contributed by atoms with Crippen molar-refractivity contribution in [3.63, 3.8) is 0 Å². The van der Waals surface area contributed by atoms with Gasteiger partial charge in [0.15, 0.2) is 11.5 Å². The number of benzene rings is 2. The van der Waals surface area contributed by atoms with Crippen LogP contribution in [0, 0.1) is 6.92 Å². The lowest BCUT2D eigenvalue weighted by Gasteiger charge is -2.31. The predicted molar refractivity (Wildman–Crippen MR) is 160 cm³/mol. The van der Waals surface area contributed by atoms with Gasteiger partial charge in [-0.3, -0.25) is 9.78 Å². The van der Waals surface area contributed by atoms with Crippen molar-refractivity contribution in [2.75, 3.05) is 48.8 Å². The summed E-state index contributed by atoms with van der Waals surface area (Å²) in [5, 5.41) is 5.70. The molecule has 11 nitrogen and oxygen atoms in total. The number of pyridine rings is 1. The van der Waals surface area contributed by atoms with Gasteiger partial charge in [0.1, 0.15) is 6.61 Å². The van der Waals surface area contributed by atoms with Crippen LogP contribution in [0.1, 0.15) is 27.2 Å². The number of amides is 2. The van der Waals surface area contributed by atoms with Crippen LogP contribution >= 0.6 is 0 Å². The zero-order valence-corrected chi connectivity index (χ0v) is 23.4. The number of nitrogens with zero attached hydrogens (tertiary/aromatic N) is 4. The summed E-state index contributed by atoms with van der Waals surface area (Å²) in [7, 11) is 0. The van der Waals surface area contributed by atoms with Crippen LogP contribution in [0.25, 0.3) is 11.3 Å². The predicted octanol–water partition coefficient (Wildman–Crippen LogP) is 3.99. The number of nitrogens with one attached hydrogen (secondary N) is 2. The Balaban J connectivity index is 1.20. The number of alkyl carbamates (subject to hydrolysis) is 1. The number of aryl methyl sites for hydroxylation is 1. The van der Waals surface area contributed by atoms with Crippen LogP contribution < -0.4 is 21.3 Å². The summed E-state index contributed by atoms with van der Waals surface area (Å²) in [4.78, 5) is 40.5. The molecule has 0 unspecified atom stereocenters. The first kappa shape index (κ1) is 28.5. The van der Waals surface area contributed by atoms with Crippen molar-refractivity contribution in [2.45, 2.75) is 20.0 Å². The lowest BCUT2D eigenvalue weighted by atomic mass is 10.1. The van der Waals surface area contributed by atoms with Gasteiger partial charge in [0.05, 0.1) is 42.7 Å². The van der Waals surface area contributed by atoms with Gasteiger partial charge in [0, 0.05) is 31.4 Å². The second kappa shape index (κ2) is 13.6. The fraction of sp³-hybridized carbons (Fsp3) is 0.258. The molecule has 1 fully saturated rings. The third-order valence-electron chi connectivity index (χ3n) is 6.84. The van der Waals surface area contributed by atoms with Gasteiger partial charge in [-0.05, 0) is 30.0 Å². The van der Waals surface area contributed by atoms with E-state index in [-0.39, 0.29) is 18.1 Å². The number of anilines is 3. The molecule has 42 heavy (non-hydrogen) atoms. The maximum Gasteiger partial charge on any atom is 0.407 e. The molecule has 0 spiro atoms. The lowest BCUT2D eigenvalue weighted by molar-refractivity contribution is 0.102. The molecule has 0 bridgehead atoms. The first-order valence-corrected chi connectivity index (χ1v) is 13.7. The van der Waals surface area contributed by atoms with E-state index in [0.717, 1.165) is 41.0 Å².